The van der Waals surface area contributed by atoms with Crippen LogP contribution in [0.2, 0.25) is 0 Å². The molecule has 1 aliphatic rings. The molecule has 3 heterocycles. The maximum absolute atomic E-state index is 12.9. The minimum atomic E-state index is -0.0944. The molecule has 28 heavy (non-hydrogen) atoms. The molecule has 142 valence electrons. The second-order valence-corrected chi connectivity index (χ2v) is 7.27. The molecule has 0 radical (unpaired) electrons. The zero-order valence-corrected chi connectivity index (χ0v) is 16.5. The topological polar surface area (TPSA) is 68.1 Å². The van der Waals surface area contributed by atoms with E-state index in [2.05, 4.69) is 16.0 Å². The lowest BCUT2D eigenvalue weighted by Crippen LogP contribution is -2.27. The van der Waals surface area contributed by atoms with E-state index in [9.17, 15) is 9.59 Å². The summed E-state index contributed by atoms with van der Waals surface area (Å²) in [7, 11) is 1.70. The number of hydrogen-bond donors (Lipinski definition) is 0. The van der Waals surface area contributed by atoms with Gasteiger partial charge in [-0.05, 0) is 44.5 Å². The molecular weight excluding hydrogens is 352 g/mol. The zero-order valence-electron chi connectivity index (χ0n) is 16.5. The fourth-order valence-electron chi connectivity index (χ4n) is 3.64. The molecule has 1 aromatic carbocycles. The Morgan fingerprint density at radius 1 is 0.964 bits per heavy atom. The third-order valence-electron chi connectivity index (χ3n) is 5.34. The number of fused-ring (bicyclic) bond motifs is 1. The highest BCUT2D eigenvalue weighted by atomic mass is 16.2. The lowest BCUT2D eigenvalue weighted by atomic mass is 10.0. The first-order chi connectivity index (χ1) is 13.3. The highest BCUT2D eigenvalue weighted by Crippen LogP contribution is 2.25. The van der Waals surface area contributed by atoms with Crippen molar-refractivity contribution >= 4 is 5.91 Å². The maximum Gasteiger partial charge on any atom is 0.258 e. The van der Waals surface area contributed by atoms with E-state index in [1.54, 1.807) is 18.9 Å². The van der Waals surface area contributed by atoms with Gasteiger partial charge in [-0.25, -0.2) is 4.98 Å². The summed E-state index contributed by atoms with van der Waals surface area (Å²) >= 11 is 0. The summed E-state index contributed by atoms with van der Waals surface area (Å²) in [5.41, 5.74) is 5.87. The van der Waals surface area contributed by atoms with E-state index in [0.717, 1.165) is 22.5 Å². The fraction of sp³-hybridized carbons (Fsp3) is 0.273. The van der Waals surface area contributed by atoms with Crippen molar-refractivity contribution in [3.05, 3.63) is 80.8 Å². The van der Waals surface area contributed by atoms with Gasteiger partial charge in [0, 0.05) is 29.6 Å². The van der Waals surface area contributed by atoms with Crippen LogP contribution >= 0.6 is 0 Å². The van der Waals surface area contributed by atoms with Crippen LogP contribution < -0.4 is 5.56 Å². The summed E-state index contributed by atoms with van der Waals surface area (Å²) < 4.78 is 1.53. The van der Waals surface area contributed by atoms with E-state index >= 15 is 0 Å². The normalized spacial score (nSPS) is 12.9. The number of amides is 1. The number of pyridine rings is 1. The van der Waals surface area contributed by atoms with Crippen LogP contribution in [-0.4, -0.2) is 25.3 Å². The first kappa shape index (κ1) is 18.1. The third-order valence-corrected chi connectivity index (χ3v) is 5.34. The van der Waals surface area contributed by atoms with Gasteiger partial charge in [0.05, 0.1) is 24.3 Å². The van der Waals surface area contributed by atoms with Crippen LogP contribution in [0.4, 0.5) is 0 Å². The highest BCUT2D eigenvalue weighted by Gasteiger charge is 2.28. The molecule has 6 nitrogen and oxygen atoms in total. The number of carbonyl (C=O) groups excluding carboxylic acids is 1. The molecule has 0 spiro atoms. The number of aryl methyl sites for hydroxylation is 3. The summed E-state index contributed by atoms with van der Waals surface area (Å²) in [4.78, 5) is 36.0. The lowest BCUT2D eigenvalue weighted by Gasteiger charge is -2.15. The van der Waals surface area contributed by atoms with Crippen LogP contribution in [-0.2, 0) is 20.1 Å². The molecule has 0 N–H and O–H groups in total. The Morgan fingerprint density at radius 3 is 2.36 bits per heavy atom. The van der Waals surface area contributed by atoms with Gasteiger partial charge in [0.1, 0.15) is 5.82 Å². The van der Waals surface area contributed by atoms with Gasteiger partial charge in [-0.3, -0.25) is 19.1 Å². The summed E-state index contributed by atoms with van der Waals surface area (Å²) in [6.07, 6.45) is 0. The monoisotopic (exact) mass is 374 g/mol. The van der Waals surface area contributed by atoms with Gasteiger partial charge >= 0.3 is 0 Å². The number of rotatable bonds is 2. The predicted molar refractivity (Wildman–Crippen MR) is 107 cm³/mol. The molecule has 1 aliphatic heterocycles. The van der Waals surface area contributed by atoms with Gasteiger partial charge in [-0.1, -0.05) is 18.2 Å². The van der Waals surface area contributed by atoms with Gasteiger partial charge in [0.25, 0.3) is 11.5 Å². The van der Waals surface area contributed by atoms with Gasteiger partial charge in [0.2, 0.25) is 0 Å². The molecule has 0 unspecified atom stereocenters. The van der Waals surface area contributed by atoms with Crippen molar-refractivity contribution in [1.29, 1.82) is 0 Å². The molecule has 0 saturated carbocycles. The number of carbonyl (C=O) groups is 1. The second kappa shape index (κ2) is 6.71. The quantitative estimate of drug-likeness (QED) is 0.692. The first-order valence-electron chi connectivity index (χ1n) is 9.24. The molecule has 2 aromatic heterocycles. The molecule has 1 amide bonds. The van der Waals surface area contributed by atoms with Crippen LogP contribution in [0, 0.1) is 20.8 Å². The van der Waals surface area contributed by atoms with E-state index in [1.165, 1.54) is 4.57 Å². The predicted octanol–water partition coefficient (Wildman–Crippen LogP) is 2.92. The van der Waals surface area contributed by atoms with E-state index in [-0.39, 0.29) is 11.5 Å². The Morgan fingerprint density at radius 2 is 1.68 bits per heavy atom. The van der Waals surface area contributed by atoms with Gasteiger partial charge in [-0.2, -0.15) is 0 Å². The van der Waals surface area contributed by atoms with Crippen LogP contribution in [0.15, 0.2) is 41.2 Å². The lowest BCUT2D eigenvalue weighted by molar-refractivity contribution is 0.0750. The van der Waals surface area contributed by atoms with Crippen molar-refractivity contribution in [2.75, 3.05) is 0 Å². The molecule has 0 fully saturated rings. The summed E-state index contributed by atoms with van der Waals surface area (Å²) in [5, 5.41) is 0. The minimum absolute atomic E-state index is 0.0736. The van der Waals surface area contributed by atoms with E-state index in [0.29, 0.717) is 35.7 Å². The first-order valence-corrected chi connectivity index (χ1v) is 9.24. The smallest absolute Gasteiger partial charge is 0.258 e. The van der Waals surface area contributed by atoms with Crippen molar-refractivity contribution < 1.29 is 4.79 Å². The minimum Gasteiger partial charge on any atom is -0.328 e. The van der Waals surface area contributed by atoms with Crippen molar-refractivity contribution in [1.82, 2.24) is 19.4 Å². The number of aromatic nitrogens is 3. The Hall–Kier alpha value is -3.28. The standard InChI is InChI=1S/C22H22N4O2/c1-13-5-10-18(14(2)23-13)16-6-8-17(9-7-16)21(27)26-11-19-20(12-26)24-15(3)25(4)22(19)28/h5-10H,11-12H2,1-4H3. The van der Waals surface area contributed by atoms with Crippen molar-refractivity contribution in [3.63, 3.8) is 0 Å². The van der Waals surface area contributed by atoms with E-state index in [4.69, 9.17) is 0 Å². The van der Waals surface area contributed by atoms with Crippen LogP contribution in [0.25, 0.3) is 11.1 Å². The van der Waals surface area contributed by atoms with E-state index in [1.807, 2.05) is 44.2 Å². The molecule has 0 atom stereocenters. The number of nitrogens with zero attached hydrogens (tertiary/aromatic N) is 4. The fourth-order valence-corrected chi connectivity index (χ4v) is 3.64. The van der Waals surface area contributed by atoms with Crippen molar-refractivity contribution in [2.45, 2.75) is 33.9 Å². The molecular formula is C22H22N4O2. The average Bonchev–Trinajstić information content (AvgIpc) is 3.10. The summed E-state index contributed by atoms with van der Waals surface area (Å²) in [5.74, 6) is 0.562. The van der Waals surface area contributed by atoms with Crippen LogP contribution in [0.1, 0.15) is 38.8 Å². The Bertz CT molecular complexity index is 1150. The maximum atomic E-state index is 12.9. The highest BCUT2D eigenvalue weighted by molar-refractivity contribution is 5.95. The third kappa shape index (κ3) is 3.01. The molecule has 0 aliphatic carbocycles. The molecule has 4 rings (SSSR count). The zero-order chi connectivity index (χ0) is 20.0. The Balaban J connectivity index is 1.58. The van der Waals surface area contributed by atoms with Gasteiger partial charge in [-0.15, -0.1) is 0 Å². The molecule has 0 saturated heterocycles. The SMILES string of the molecule is Cc1ccc(-c2ccc(C(=O)N3Cc4nc(C)n(C)c(=O)c4C3)cc2)c(C)n1. The summed E-state index contributed by atoms with van der Waals surface area (Å²) in [6, 6.07) is 11.6. The molecule has 6 heteroatoms. The average molecular weight is 374 g/mol. The van der Waals surface area contributed by atoms with Crippen molar-refractivity contribution in [2.24, 2.45) is 7.05 Å². The Labute approximate surface area is 163 Å². The molecule has 3 aromatic rings. The van der Waals surface area contributed by atoms with Gasteiger partial charge in [0.15, 0.2) is 0 Å². The second-order valence-electron chi connectivity index (χ2n) is 7.27. The van der Waals surface area contributed by atoms with Crippen LogP contribution in [0.3, 0.4) is 0 Å². The number of benzene rings is 1. The number of hydrogen-bond acceptors (Lipinski definition) is 4. The van der Waals surface area contributed by atoms with Crippen molar-refractivity contribution in [3.8, 4) is 11.1 Å². The largest absolute Gasteiger partial charge is 0.328 e. The van der Waals surface area contributed by atoms with Crippen LogP contribution in [0.5, 0.6) is 0 Å². The summed E-state index contributed by atoms with van der Waals surface area (Å²) in [6.45, 7) is 6.42. The molecule has 0 bridgehead atoms. The van der Waals surface area contributed by atoms with E-state index < -0.39 is 0 Å². The van der Waals surface area contributed by atoms with Gasteiger partial charge < -0.3 is 4.90 Å². The Kier molecular flexibility index (Phi) is 4.34.